The number of benzene rings is 3. The maximum absolute atomic E-state index is 13.1. The van der Waals surface area contributed by atoms with Crippen molar-refractivity contribution in [2.75, 3.05) is 23.4 Å². The minimum Gasteiger partial charge on any atom is -0.494 e. The second kappa shape index (κ2) is 9.48. The van der Waals surface area contributed by atoms with Gasteiger partial charge in [-0.3, -0.25) is 9.52 Å². The minimum atomic E-state index is -3.48. The number of sulfonamides is 1. The van der Waals surface area contributed by atoms with Crippen LogP contribution >= 0.6 is 0 Å². The standard InChI is InChI=1S/C22H21FN2O5S/c1-29-21-13-17(11-12-19(21)25-31(2,27)28)24-22(26)18-5-3-4-6-20(18)30-14-15-7-9-16(23)10-8-15/h3-13,25H,14H2,1-2H3,(H,24,26). The van der Waals surface area contributed by atoms with Crippen LogP contribution in [0.15, 0.2) is 66.7 Å². The molecule has 31 heavy (non-hydrogen) atoms. The summed E-state index contributed by atoms with van der Waals surface area (Å²) < 4.78 is 49.3. The number of halogens is 1. The monoisotopic (exact) mass is 444 g/mol. The van der Waals surface area contributed by atoms with Crippen LogP contribution in [0.1, 0.15) is 15.9 Å². The lowest BCUT2D eigenvalue weighted by Crippen LogP contribution is -2.14. The van der Waals surface area contributed by atoms with Crippen LogP contribution < -0.4 is 19.5 Å². The predicted octanol–water partition coefficient (Wildman–Crippen LogP) is 4.04. The predicted molar refractivity (Wildman–Crippen MR) is 117 cm³/mol. The molecule has 0 aromatic heterocycles. The Kier molecular flexibility index (Phi) is 6.76. The molecule has 3 aromatic rings. The molecule has 0 bridgehead atoms. The van der Waals surface area contributed by atoms with Gasteiger partial charge in [-0.05, 0) is 42.0 Å². The highest BCUT2D eigenvalue weighted by atomic mass is 32.2. The molecule has 0 heterocycles. The lowest BCUT2D eigenvalue weighted by atomic mass is 10.1. The third-order valence-corrected chi connectivity index (χ3v) is 4.78. The van der Waals surface area contributed by atoms with Gasteiger partial charge in [0.15, 0.2) is 0 Å². The van der Waals surface area contributed by atoms with Crippen LogP contribution in [0, 0.1) is 5.82 Å². The zero-order valence-electron chi connectivity index (χ0n) is 16.9. The summed E-state index contributed by atoms with van der Waals surface area (Å²) in [5.41, 5.74) is 1.73. The fraction of sp³-hybridized carbons (Fsp3) is 0.136. The maximum atomic E-state index is 13.1. The van der Waals surface area contributed by atoms with E-state index in [0.717, 1.165) is 11.8 Å². The minimum absolute atomic E-state index is 0.171. The lowest BCUT2D eigenvalue weighted by Gasteiger charge is -2.14. The Labute approximate surface area is 179 Å². The van der Waals surface area contributed by atoms with Crippen molar-refractivity contribution in [3.8, 4) is 11.5 Å². The first-order valence-corrected chi connectivity index (χ1v) is 11.1. The van der Waals surface area contributed by atoms with Gasteiger partial charge in [0.05, 0.1) is 24.6 Å². The van der Waals surface area contributed by atoms with Gasteiger partial charge in [0.25, 0.3) is 5.91 Å². The summed E-state index contributed by atoms with van der Waals surface area (Å²) in [6, 6.07) is 17.2. The molecule has 0 aliphatic heterocycles. The molecule has 3 rings (SSSR count). The van der Waals surface area contributed by atoms with Crippen LogP contribution in [0.4, 0.5) is 15.8 Å². The van der Waals surface area contributed by atoms with Gasteiger partial charge in [-0.1, -0.05) is 24.3 Å². The molecule has 0 aliphatic carbocycles. The van der Waals surface area contributed by atoms with E-state index in [4.69, 9.17) is 9.47 Å². The SMILES string of the molecule is COc1cc(NC(=O)c2ccccc2OCc2ccc(F)cc2)ccc1NS(C)(=O)=O. The van der Waals surface area contributed by atoms with Crippen LogP contribution in [0.2, 0.25) is 0 Å². The van der Waals surface area contributed by atoms with Crippen molar-refractivity contribution in [2.45, 2.75) is 6.61 Å². The van der Waals surface area contributed by atoms with E-state index in [2.05, 4.69) is 10.0 Å². The van der Waals surface area contributed by atoms with Gasteiger partial charge >= 0.3 is 0 Å². The molecule has 1 amide bonds. The summed E-state index contributed by atoms with van der Waals surface area (Å²) in [6.07, 6.45) is 1.03. The third kappa shape index (κ3) is 6.19. The van der Waals surface area contributed by atoms with E-state index in [1.54, 1.807) is 42.5 Å². The molecule has 0 saturated heterocycles. The summed E-state index contributed by atoms with van der Waals surface area (Å²) >= 11 is 0. The van der Waals surface area contributed by atoms with Crippen LogP contribution in [-0.2, 0) is 16.6 Å². The van der Waals surface area contributed by atoms with Gasteiger partial charge in [0.2, 0.25) is 10.0 Å². The number of methoxy groups -OCH3 is 1. The van der Waals surface area contributed by atoms with Crippen LogP contribution in [0.3, 0.4) is 0 Å². The molecular formula is C22H21FN2O5S. The van der Waals surface area contributed by atoms with Gasteiger partial charge in [-0.15, -0.1) is 0 Å². The fourth-order valence-corrected chi connectivity index (χ4v) is 3.34. The highest BCUT2D eigenvalue weighted by molar-refractivity contribution is 7.92. The smallest absolute Gasteiger partial charge is 0.259 e. The molecule has 0 spiro atoms. The number of hydrogen-bond donors (Lipinski definition) is 2. The Morgan fingerprint density at radius 2 is 1.71 bits per heavy atom. The molecule has 0 saturated carbocycles. The van der Waals surface area contributed by atoms with E-state index in [9.17, 15) is 17.6 Å². The number of hydrogen-bond acceptors (Lipinski definition) is 5. The van der Waals surface area contributed by atoms with Gasteiger partial charge in [-0.2, -0.15) is 0 Å². The molecular weight excluding hydrogens is 423 g/mol. The largest absolute Gasteiger partial charge is 0.494 e. The Morgan fingerprint density at radius 3 is 2.39 bits per heavy atom. The summed E-state index contributed by atoms with van der Waals surface area (Å²) in [7, 11) is -2.08. The Morgan fingerprint density at radius 1 is 1.00 bits per heavy atom. The molecule has 2 N–H and O–H groups in total. The number of carbonyl (C=O) groups is 1. The normalized spacial score (nSPS) is 10.9. The van der Waals surface area contributed by atoms with E-state index in [0.29, 0.717) is 17.0 Å². The summed E-state index contributed by atoms with van der Waals surface area (Å²) in [5, 5.41) is 2.74. The van der Waals surface area contributed by atoms with Crippen LogP contribution in [0.5, 0.6) is 11.5 Å². The summed E-state index contributed by atoms with van der Waals surface area (Å²) in [6.45, 7) is 0.171. The molecule has 162 valence electrons. The van der Waals surface area contributed by atoms with Crippen molar-refractivity contribution >= 4 is 27.3 Å². The van der Waals surface area contributed by atoms with Gasteiger partial charge in [-0.25, -0.2) is 12.8 Å². The molecule has 0 radical (unpaired) electrons. The van der Waals surface area contributed by atoms with E-state index < -0.39 is 15.9 Å². The molecule has 0 atom stereocenters. The van der Waals surface area contributed by atoms with Crippen molar-refractivity contribution in [3.05, 3.63) is 83.7 Å². The Hall–Kier alpha value is -3.59. The molecule has 3 aromatic carbocycles. The number of ether oxygens (including phenoxy) is 2. The second-order valence-corrected chi connectivity index (χ2v) is 8.40. The van der Waals surface area contributed by atoms with Gasteiger partial charge < -0.3 is 14.8 Å². The quantitative estimate of drug-likeness (QED) is 0.547. The molecule has 0 fully saturated rings. The van der Waals surface area contributed by atoms with E-state index in [1.807, 2.05) is 0 Å². The number of nitrogens with one attached hydrogen (secondary N) is 2. The van der Waals surface area contributed by atoms with E-state index in [1.165, 1.54) is 31.4 Å². The first-order valence-electron chi connectivity index (χ1n) is 9.18. The highest BCUT2D eigenvalue weighted by Gasteiger charge is 2.15. The Bertz CT molecular complexity index is 1180. The van der Waals surface area contributed by atoms with Gasteiger partial charge in [0, 0.05) is 11.8 Å². The lowest BCUT2D eigenvalue weighted by molar-refractivity contribution is 0.102. The van der Waals surface area contributed by atoms with E-state index >= 15 is 0 Å². The maximum Gasteiger partial charge on any atom is 0.259 e. The average Bonchev–Trinajstić information content (AvgIpc) is 2.73. The number of amides is 1. The van der Waals surface area contributed by atoms with Crippen molar-refractivity contribution in [1.82, 2.24) is 0 Å². The van der Waals surface area contributed by atoms with Gasteiger partial charge in [0.1, 0.15) is 23.9 Å². The highest BCUT2D eigenvalue weighted by Crippen LogP contribution is 2.29. The van der Waals surface area contributed by atoms with Crippen molar-refractivity contribution in [3.63, 3.8) is 0 Å². The summed E-state index contributed by atoms with van der Waals surface area (Å²) in [4.78, 5) is 12.8. The Balaban J connectivity index is 1.75. The number of para-hydroxylation sites is 1. The zero-order chi connectivity index (χ0) is 22.4. The van der Waals surface area contributed by atoms with Crippen molar-refractivity contribution in [2.24, 2.45) is 0 Å². The van der Waals surface area contributed by atoms with Crippen LogP contribution in [0.25, 0.3) is 0 Å². The number of rotatable bonds is 8. The first kappa shape index (κ1) is 22.1. The van der Waals surface area contributed by atoms with E-state index in [-0.39, 0.29) is 23.9 Å². The number of carbonyl (C=O) groups excluding carboxylic acids is 1. The molecule has 0 unspecified atom stereocenters. The van der Waals surface area contributed by atoms with Crippen molar-refractivity contribution in [1.29, 1.82) is 0 Å². The third-order valence-electron chi connectivity index (χ3n) is 4.19. The van der Waals surface area contributed by atoms with Crippen LogP contribution in [-0.4, -0.2) is 27.7 Å². The topological polar surface area (TPSA) is 93.7 Å². The summed E-state index contributed by atoms with van der Waals surface area (Å²) in [5.74, 6) is -0.131. The molecule has 0 aliphatic rings. The second-order valence-electron chi connectivity index (χ2n) is 6.65. The first-order chi connectivity index (χ1) is 14.7. The molecule has 9 heteroatoms. The van der Waals surface area contributed by atoms with Crippen molar-refractivity contribution < 1.29 is 27.1 Å². The zero-order valence-corrected chi connectivity index (χ0v) is 17.7. The average molecular weight is 444 g/mol. The number of anilines is 2. The fourth-order valence-electron chi connectivity index (χ4n) is 2.77. The molecule has 7 nitrogen and oxygen atoms in total.